The fourth-order valence-corrected chi connectivity index (χ4v) is 0.864. The number of hydrogen-bond acceptors (Lipinski definition) is 4. The number of nitrogens with zero attached hydrogens (tertiary/aromatic N) is 1. The second-order valence-corrected chi connectivity index (χ2v) is 2.34. The number of carboxylic acid groups (broad SMARTS) is 1. The van der Waals surface area contributed by atoms with E-state index < -0.39 is 5.97 Å². The minimum atomic E-state index is -1.13. The topological polar surface area (TPSA) is 72.6 Å². The van der Waals surface area contributed by atoms with E-state index >= 15 is 0 Å². The highest BCUT2D eigenvalue weighted by Gasteiger charge is 2.19. The minimum Gasteiger partial charge on any atom is -0.476 e. The molecule has 0 bridgehead atoms. The predicted molar refractivity (Wildman–Crippen MR) is 44.0 cm³/mol. The Kier molecular flexibility index (Phi) is 2.89. The number of hydrogen-bond donors (Lipinski definition) is 1. The molecule has 1 aromatic heterocycles. The molecular weight excluding hydrogens is 174 g/mol. The Balaban J connectivity index is 3.00. The largest absolute Gasteiger partial charge is 0.476 e. The van der Waals surface area contributed by atoms with Gasteiger partial charge in [0.15, 0.2) is 5.89 Å². The third-order valence-corrected chi connectivity index (χ3v) is 1.42. The molecule has 5 nitrogen and oxygen atoms in total. The van der Waals surface area contributed by atoms with Crippen LogP contribution < -0.4 is 4.74 Å². The lowest BCUT2D eigenvalue weighted by molar-refractivity contribution is 0.0683. The molecule has 1 heterocycles. The van der Waals surface area contributed by atoms with Crippen LogP contribution in [-0.4, -0.2) is 22.7 Å². The first-order chi connectivity index (χ1) is 6.19. The van der Waals surface area contributed by atoms with Gasteiger partial charge in [0.05, 0.1) is 6.61 Å². The van der Waals surface area contributed by atoms with E-state index in [2.05, 4.69) is 4.98 Å². The molecule has 1 aromatic rings. The fraction of sp³-hybridized carbons (Fsp3) is 0.500. The van der Waals surface area contributed by atoms with Crippen molar-refractivity contribution in [1.29, 1.82) is 0 Å². The predicted octanol–water partition coefficient (Wildman–Crippen LogP) is 1.33. The van der Waals surface area contributed by atoms with Crippen molar-refractivity contribution in [1.82, 2.24) is 4.98 Å². The molecule has 0 atom stereocenters. The zero-order chi connectivity index (χ0) is 9.84. The molecule has 0 amide bonds. The van der Waals surface area contributed by atoms with Crippen LogP contribution in [-0.2, 0) is 6.42 Å². The van der Waals surface area contributed by atoms with Gasteiger partial charge in [0, 0.05) is 6.42 Å². The summed E-state index contributed by atoms with van der Waals surface area (Å²) in [5.74, 6) is -0.764. The second kappa shape index (κ2) is 3.93. The van der Waals surface area contributed by atoms with Crippen molar-refractivity contribution in [2.24, 2.45) is 0 Å². The van der Waals surface area contributed by atoms with Gasteiger partial charge in [-0.25, -0.2) is 9.78 Å². The van der Waals surface area contributed by atoms with Gasteiger partial charge in [-0.2, -0.15) is 0 Å². The molecule has 0 aliphatic heterocycles. The van der Waals surface area contributed by atoms with Crippen LogP contribution in [0.3, 0.4) is 0 Å². The molecule has 72 valence electrons. The summed E-state index contributed by atoms with van der Waals surface area (Å²) in [5.41, 5.74) is -0.154. The van der Waals surface area contributed by atoms with Crippen molar-refractivity contribution >= 4 is 5.97 Å². The number of aromatic carboxylic acids is 1. The molecule has 0 radical (unpaired) electrons. The van der Waals surface area contributed by atoms with E-state index in [4.69, 9.17) is 14.3 Å². The van der Waals surface area contributed by atoms with Crippen LogP contribution in [0.1, 0.15) is 30.2 Å². The van der Waals surface area contributed by atoms with Crippen LogP contribution in [0.2, 0.25) is 0 Å². The van der Waals surface area contributed by atoms with Crippen LogP contribution in [0.15, 0.2) is 4.42 Å². The SMILES string of the molecule is CCOc1oc(CC)nc1C(=O)O. The van der Waals surface area contributed by atoms with Gasteiger partial charge in [-0.3, -0.25) is 0 Å². The summed E-state index contributed by atoms with van der Waals surface area (Å²) in [6, 6.07) is 0. The van der Waals surface area contributed by atoms with E-state index in [0.717, 1.165) is 0 Å². The van der Waals surface area contributed by atoms with Crippen molar-refractivity contribution in [2.75, 3.05) is 6.61 Å². The van der Waals surface area contributed by atoms with Crippen molar-refractivity contribution in [2.45, 2.75) is 20.3 Å². The monoisotopic (exact) mass is 185 g/mol. The molecule has 0 saturated carbocycles. The maximum Gasteiger partial charge on any atom is 0.362 e. The molecule has 0 unspecified atom stereocenters. The lowest BCUT2D eigenvalue weighted by atomic mass is 10.4. The smallest absolute Gasteiger partial charge is 0.362 e. The van der Waals surface area contributed by atoms with E-state index in [1.54, 1.807) is 6.92 Å². The lowest BCUT2D eigenvalue weighted by Gasteiger charge is -1.96. The molecule has 0 fully saturated rings. The Morgan fingerprint density at radius 1 is 1.62 bits per heavy atom. The van der Waals surface area contributed by atoms with Crippen LogP contribution in [0.25, 0.3) is 0 Å². The highest BCUT2D eigenvalue weighted by Crippen LogP contribution is 2.20. The number of aryl methyl sites for hydroxylation is 1. The second-order valence-electron chi connectivity index (χ2n) is 2.34. The van der Waals surface area contributed by atoms with E-state index in [9.17, 15) is 4.79 Å². The maximum absolute atomic E-state index is 10.6. The molecule has 1 rings (SSSR count). The van der Waals surface area contributed by atoms with Gasteiger partial charge in [0.1, 0.15) is 0 Å². The zero-order valence-corrected chi connectivity index (χ0v) is 7.53. The summed E-state index contributed by atoms with van der Waals surface area (Å²) in [6.07, 6.45) is 0.549. The van der Waals surface area contributed by atoms with Crippen molar-refractivity contribution in [3.05, 3.63) is 11.6 Å². The number of rotatable bonds is 4. The van der Waals surface area contributed by atoms with Gasteiger partial charge in [-0.15, -0.1) is 0 Å². The Labute approximate surface area is 75.3 Å². The lowest BCUT2D eigenvalue weighted by Crippen LogP contribution is -2.01. The van der Waals surface area contributed by atoms with Gasteiger partial charge in [-0.05, 0) is 6.92 Å². The van der Waals surface area contributed by atoms with E-state index in [1.807, 2.05) is 6.92 Å². The number of ether oxygens (including phenoxy) is 1. The Bertz CT molecular complexity index is 305. The van der Waals surface area contributed by atoms with Gasteiger partial charge in [0.25, 0.3) is 0 Å². The summed E-state index contributed by atoms with van der Waals surface area (Å²) in [6.45, 7) is 3.94. The average Bonchev–Trinajstić information content (AvgIpc) is 2.48. The first-order valence-corrected chi connectivity index (χ1v) is 4.04. The van der Waals surface area contributed by atoms with Gasteiger partial charge in [-0.1, -0.05) is 6.92 Å². The summed E-state index contributed by atoms with van der Waals surface area (Å²) in [7, 11) is 0. The van der Waals surface area contributed by atoms with Crippen LogP contribution in [0, 0.1) is 0 Å². The number of carbonyl (C=O) groups is 1. The summed E-state index contributed by atoms with van der Waals surface area (Å²) in [4.78, 5) is 14.4. The number of oxazole rings is 1. The molecule has 0 aliphatic rings. The molecular formula is C8H11NO4. The summed E-state index contributed by atoms with van der Waals surface area (Å²) in [5, 5.41) is 8.70. The molecule has 1 N–H and O–H groups in total. The zero-order valence-electron chi connectivity index (χ0n) is 7.53. The van der Waals surface area contributed by atoms with Crippen molar-refractivity contribution < 1.29 is 19.1 Å². The van der Waals surface area contributed by atoms with Gasteiger partial charge >= 0.3 is 11.9 Å². The highest BCUT2D eigenvalue weighted by molar-refractivity contribution is 5.87. The normalized spacial score (nSPS) is 10.0. The Morgan fingerprint density at radius 3 is 2.77 bits per heavy atom. The third kappa shape index (κ3) is 1.99. The van der Waals surface area contributed by atoms with Gasteiger partial charge < -0.3 is 14.3 Å². The average molecular weight is 185 g/mol. The molecule has 13 heavy (non-hydrogen) atoms. The molecule has 5 heteroatoms. The number of carboxylic acids is 1. The fourth-order valence-electron chi connectivity index (χ4n) is 0.864. The molecule has 0 aromatic carbocycles. The summed E-state index contributed by atoms with van der Waals surface area (Å²) >= 11 is 0. The standard InChI is InChI=1S/C8H11NO4/c1-3-5-9-6(7(10)11)8(13-5)12-4-2/h3-4H2,1-2H3,(H,10,11). The highest BCUT2D eigenvalue weighted by atomic mass is 16.6. The van der Waals surface area contributed by atoms with Crippen molar-refractivity contribution in [3.63, 3.8) is 0 Å². The van der Waals surface area contributed by atoms with Crippen LogP contribution in [0.5, 0.6) is 5.95 Å². The Hall–Kier alpha value is -1.52. The van der Waals surface area contributed by atoms with Crippen LogP contribution in [0.4, 0.5) is 0 Å². The first-order valence-electron chi connectivity index (χ1n) is 4.04. The van der Waals surface area contributed by atoms with Gasteiger partial charge in [0.2, 0.25) is 5.69 Å². The minimum absolute atomic E-state index is 0.00755. The van der Waals surface area contributed by atoms with E-state index in [1.165, 1.54) is 0 Å². The molecule has 0 spiro atoms. The van der Waals surface area contributed by atoms with E-state index in [0.29, 0.717) is 18.9 Å². The number of aromatic nitrogens is 1. The van der Waals surface area contributed by atoms with Crippen LogP contribution >= 0.6 is 0 Å². The molecule has 0 aliphatic carbocycles. The van der Waals surface area contributed by atoms with E-state index in [-0.39, 0.29) is 11.6 Å². The molecule has 0 saturated heterocycles. The summed E-state index contributed by atoms with van der Waals surface area (Å²) < 4.78 is 10.0. The van der Waals surface area contributed by atoms with Crippen molar-refractivity contribution in [3.8, 4) is 5.95 Å². The maximum atomic E-state index is 10.6. The first kappa shape index (κ1) is 9.57. The quantitative estimate of drug-likeness (QED) is 0.766. The third-order valence-electron chi connectivity index (χ3n) is 1.42. The Morgan fingerprint density at radius 2 is 2.31 bits per heavy atom.